The highest BCUT2D eigenvalue weighted by Crippen LogP contribution is 2.42. The normalized spacial score (nSPS) is 16.4. The lowest BCUT2D eigenvalue weighted by Crippen LogP contribution is -2.36. The lowest BCUT2D eigenvalue weighted by Gasteiger charge is -2.18. The van der Waals surface area contributed by atoms with Gasteiger partial charge < -0.3 is 49.7 Å². The summed E-state index contributed by atoms with van der Waals surface area (Å²) in [6.45, 7) is 5.56. The van der Waals surface area contributed by atoms with Gasteiger partial charge >= 0.3 is 23.9 Å². The van der Waals surface area contributed by atoms with Crippen LogP contribution in [0.2, 0.25) is 0 Å². The molecule has 0 radical (unpaired) electrons. The minimum absolute atomic E-state index is 0.0203. The first-order chi connectivity index (χ1) is 29.1. The second-order valence-electron chi connectivity index (χ2n) is 14.4. The van der Waals surface area contributed by atoms with Crippen LogP contribution in [0.25, 0.3) is 11.1 Å². The quantitative estimate of drug-likeness (QED) is 0.0382. The number of ether oxygens (including phenoxy) is 6. The highest BCUT2D eigenvalue weighted by Gasteiger charge is 2.42. The molecule has 16 nitrogen and oxygen atoms in total. The smallest absolute Gasteiger partial charge is 0.344 e. The van der Waals surface area contributed by atoms with Crippen LogP contribution < -0.4 is 35.5 Å². The molecule has 0 spiro atoms. The standard InChI is InChI=1S/C43H60N4O12S/c1-4-7-19-54-37(49)25-57-33-23-31(24-34(58-26-38(50)55-20-8-5-2)41(33)59-27-39(51)56-21-9-6-3)29-13-12-14-30(22-29)42(52)45-18-17-44-36(48)16-11-10-15-35-40-32(28-60-35)46-43(53)47-40/h12-14,22-24,32,35,40H,4-11,15-21,25-28H2,1-3H3,(H,44,48)(H,45,52)(H2,46,47,53)/t32-,35-,40-/m0/s1. The molecule has 2 heterocycles. The van der Waals surface area contributed by atoms with Crippen LogP contribution in [0.15, 0.2) is 36.4 Å². The van der Waals surface area contributed by atoms with Gasteiger partial charge in [-0.05, 0) is 67.5 Å². The zero-order chi connectivity index (χ0) is 43.1. The van der Waals surface area contributed by atoms with Crippen LogP contribution in [0.5, 0.6) is 17.2 Å². The summed E-state index contributed by atoms with van der Waals surface area (Å²) in [5.41, 5.74) is 1.37. The summed E-state index contributed by atoms with van der Waals surface area (Å²) in [5.74, 6) is -1.45. The van der Waals surface area contributed by atoms with Crippen molar-refractivity contribution in [2.45, 2.75) is 102 Å². The van der Waals surface area contributed by atoms with Crippen molar-refractivity contribution in [1.29, 1.82) is 0 Å². The third-order valence-corrected chi connectivity index (χ3v) is 11.1. The largest absolute Gasteiger partial charge is 0.478 e. The summed E-state index contributed by atoms with van der Waals surface area (Å²) >= 11 is 1.85. The van der Waals surface area contributed by atoms with Crippen LogP contribution in [-0.4, -0.2) is 112 Å². The molecule has 2 fully saturated rings. The van der Waals surface area contributed by atoms with Crippen molar-refractivity contribution >= 4 is 47.5 Å². The Bertz CT molecular complexity index is 1700. The molecular weight excluding hydrogens is 797 g/mol. The number of urea groups is 1. The average Bonchev–Trinajstić information content (AvgIpc) is 3.80. The monoisotopic (exact) mass is 856 g/mol. The van der Waals surface area contributed by atoms with Gasteiger partial charge in [-0.1, -0.05) is 58.6 Å². The molecule has 0 aromatic heterocycles. The van der Waals surface area contributed by atoms with Gasteiger partial charge in [0, 0.05) is 36.1 Å². The number of esters is 3. The van der Waals surface area contributed by atoms with E-state index < -0.39 is 37.7 Å². The number of hydrogen-bond acceptors (Lipinski definition) is 13. The van der Waals surface area contributed by atoms with E-state index in [1.807, 2.05) is 32.5 Å². The molecule has 4 rings (SSSR count). The lowest BCUT2D eigenvalue weighted by atomic mass is 10.0. The molecular formula is C43H60N4O12S. The second-order valence-corrected chi connectivity index (χ2v) is 15.7. The number of unbranched alkanes of at least 4 members (excludes halogenated alkanes) is 4. The van der Waals surface area contributed by atoms with Crippen molar-refractivity contribution in [2.75, 3.05) is 58.5 Å². The molecule has 2 aliphatic heterocycles. The Labute approximate surface area is 356 Å². The van der Waals surface area contributed by atoms with E-state index in [1.165, 1.54) is 0 Å². The molecule has 0 aliphatic carbocycles. The molecule has 4 N–H and O–H groups in total. The third-order valence-electron chi connectivity index (χ3n) is 9.60. The first kappa shape index (κ1) is 47.5. The molecule has 2 aromatic rings. The number of nitrogens with one attached hydrogen (secondary N) is 4. The first-order valence-corrected chi connectivity index (χ1v) is 22.0. The van der Waals surface area contributed by atoms with Crippen molar-refractivity contribution in [3.05, 3.63) is 42.0 Å². The SMILES string of the molecule is CCCCOC(=O)COc1cc(-c2cccc(C(=O)NCCNC(=O)CCCC[C@@H]3SC[C@@H]4NC(=O)N[C@@H]43)c2)cc(OCC(=O)OCCCC)c1OCC(=O)OCCCC. The van der Waals surface area contributed by atoms with Crippen LogP contribution in [0, 0.1) is 0 Å². The van der Waals surface area contributed by atoms with Crippen molar-refractivity contribution in [2.24, 2.45) is 0 Å². The highest BCUT2D eigenvalue weighted by atomic mass is 32.2. The van der Waals surface area contributed by atoms with E-state index in [1.54, 1.807) is 36.4 Å². The number of thioether (sulfide) groups is 1. The molecule has 60 heavy (non-hydrogen) atoms. The molecule has 4 amide bonds. The first-order valence-electron chi connectivity index (χ1n) is 21.0. The topological polar surface area (TPSA) is 206 Å². The van der Waals surface area contributed by atoms with Gasteiger partial charge in [0.1, 0.15) is 0 Å². The van der Waals surface area contributed by atoms with Gasteiger partial charge in [-0.3, -0.25) is 9.59 Å². The fourth-order valence-electron chi connectivity index (χ4n) is 6.30. The maximum absolute atomic E-state index is 13.2. The van der Waals surface area contributed by atoms with E-state index in [4.69, 9.17) is 28.4 Å². The Morgan fingerprint density at radius 2 is 1.28 bits per heavy atom. The molecule has 3 atom stereocenters. The number of benzene rings is 2. The number of amides is 4. The van der Waals surface area contributed by atoms with Crippen LogP contribution >= 0.6 is 11.8 Å². The van der Waals surface area contributed by atoms with E-state index in [0.717, 1.165) is 44.3 Å². The molecule has 2 aromatic carbocycles. The number of carbonyl (C=O) groups is 6. The molecule has 2 saturated heterocycles. The Balaban J connectivity index is 1.41. The molecule has 17 heteroatoms. The minimum Gasteiger partial charge on any atom is -0.478 e. The Hall–Kier alpha value is -5.19. The Morgan fingerprint density at radius 1 is 0.700 bits per heavy atom. The van der Waals surface area contributed by atoms with E-state index in [-0.39, 0.29) is 80.1 Å². The van der Waals surface area contributed by atoms with Crippen molar-refractivity contribution in [1.82, 2.24) is 21.3 Å². The number of carbonyl (C=O) groups excluding carboxylic acids is 6. The van der Waals surface area contributed by atoms with Gasteiger partial charge in [0.2, 0.25) is 11.7 Å². The summed E-state index contributed by atoms with van der Waals surface area (Å²) in [7, 11) is 0. The van der Waals surface area contributed by atoms with Crippen molar-refractivity contribution in [3.63, 3.8) is 0 Å². The number of hydrogen-bond donors (Lipinski definition) is 4. The Kier molecular flexibility index (Phi) is 20.7. The van der Waals surface area contributed by atoms with E-state index in [9.17, 15) is 28.8 Å². The van der Waals surface area contributed by atoms with Crippen LogP contribution in [0.4, 0.5) is 4.79 Å². The van der Waals surface area contributed by atoms with Crippen LogP contribution in [0.3, 0.4) is 0 Å². The van der Waals surface area contributed by atoms with Crippen molar-refractivity contribution < 1.29 is 57.2 Å². The fourth-order valence-corrected chi connectivity index (χ4v) is 7.85. The zero-order valence-corrected chi connectivity index (χ0v) is 35.8. The molecule has 330 valence electrons. The molecule has 0 saturated carbocycles. The van der Waals surface area contributed by atoms with E-state index >= 15 is 0 Å². The highest BCUT2D eigenvalue weighted by molar-refractivity contribution is 8.00. The summed E-state index contributed by atoms with van der Waals surface area (Å²) in [6.07, 6.45) is 7.45. The summed E-state index contributed by atoms with van der Waals surface area (Å²) in [5, 5.41) is 12.0. The van der Waals surface area contributed by atoms with Crippen LogP contribution in [0.1, 0.15) is 95.3 Å². The average molecular weight is 857 g/mol. The second kappa shape index (κ2) is 26.1. The molecule has 0 unspecified atom stereocenters. The summed E-state index contributed by atoms with van der Waals surface area (Å²) in [6, 6.07) is 10.1. The van der Waals surface area contributed by atoms with E-state index in [0.29, 0.717) is 47.6 Å². The van der Waals surface area contributed by atoms with Gasteiger partial charge in [-0.2, -0.15) is 11.8 Å². The predicted molar refractivity (Wildman–Crippen MR) is 225 cm³/mol. The summed E-state index contributed by atoms with van der Waals surface area (Å²) < 4.78 is 33.5. The Morgan fingerprint density at radius 3 is 1.88 bits per heavy atom. The summed E-state index contributed by atoms with van der Waals surface area (Å²) in [4.78, 5) is 75.0. The number of fused-ring (bicyclic) bond motifs is 1. The van der Waals surface area contributed by atoms with Gasteiger partial charge in [0.05, 0.1) is 31.9 Å². The zero-order valence-electron chi connectivity index (χ0n) is 34.9. The maximum Gasteiger partial charge on any atom is 0.344 e. The van der Waals surface area contributed by atoms with Gasteiger partial charge in [-0.15, -0.1) is 0 Å². The molecule has 2 aliphatic rings. The minimum atomic E-state index is -0.632. The lowest BCUT2D eigenvalue weighted by molar-refractivity contribution is -0.147. The fraction of sp³-hybridized carbons (Fsp3) is 0.581. The maximum atomic E-state index is 13.2. The molecule has 0 bridgehead atoms. The third kappa shape index (κ3) is 16.1. The van der Waals surface area contributed by atoms with E-state index in [2.05, 4.69) is 21.3 Å². The van der Waals surface area contributed by atoms with Gasteiger partial charge in [0.25, 0.3) is 5.91 Å². The predicted octanol–water partition coefficient (Wildman–Crippen LogP) is 5.09. The van der Waals surface area contributed by atoms with Gasteiger partial charge in [-0.25, -0.2) is 19.2 Å². The van der Waals surface area contributed by atoms with Crippen LogP contribution in [-0.2, 0) is 33.4 Å². The number of rotatable bonds is 28. The van der Waals surface area contributed by atoms with Crippen molar-refractivity contribution in [3.8, 4) is 28.4 Å². The van der Waals surface area contributed by atoms with Gasteiger partial charge in [0.15, 0.2) is 31.3 Å².